The minimum Gasteiger partial charge on any atom is -0.307 e. The number of aromatic amines is 1. The molecular formula is C25H18Cl2N2O3S2. The number of rotatable bonds is 2. The molecule has 5 nitrogen and oxygen atoms in total. The molecule has 1 N–H and O–H groups in total. The molecule has 3 fully saturated rings. The summed E-state index contributed by atoms with van der Waals surface area (Å²) in [5.74, 6) is -0.448. The summed E-state index contributed by atoms with van der Waals surface area (Å²) in [5.41, 5.74) is 1.69. The van der Waals surface area contributed by atoms with E-state index in [4.69, 9.17) is 23.2 Å². The van der Waals surface area contributed by atoms with Gasteiger partial charge in [-0.25, -0.2) is 0 Å². The Kier molecular flexibility index (Phi) is 4.67. The van der Waals surface area contributed by atoms with Crippen molar-refractivity contribution in [2.45, 2.75) is 22.6 Å². The van der Waals surface area contributed by atoms with E-state index in [1.54, 1.807) is 36.0 Å². The molecule has 9 heteroatoms. The van der Waals surface area contributed by atoms with Crippen LogP contribution in [0.3, 0.4) is 0 Å². The molecule has 4 aliphatic rings. The third-order valence-corrected chi connectivity index (χ3v) is 11.1. The number of carbonyl (C=O) groups is 2. The van der Waals surface area contributed by atoms with Crippen LogP contribution in [0.4, 0.5) is 5.69 Å². The number of amides is 2. The molecule has 0 radical (unpaired) electrons. The van der Waals surface area contributed by atoms with Crippen molar-refractivity contribution in [2.75, 3.05) is 4.90 Å². The van der Waals surface area contributed by atoms with Gasteiger partial charge in [0.25, 0.3) is 0 Å². The lowest BCUT2D eigenvalue weighted by molar-refractivity contribution is -0.123. The number of nitrogens with zero attached hydrogens (tertiary/aromatic N) is 1. The Morgan fingerprint density at radius 1 is 0.853 bits per heavy atom. The highest BCUT2D eigenvalue weighted by atomic mass is 35.5. The van der Waals surface area contributed by atoms with Crippen LogP contribution in [0.1, 0.15) is 22.8 Å². The molecule has 2 amide bonds. The number of H-pyrrole nitrogens is 1. The van der Waals surface area contributed by atoms with E-state index in [9.17, 15) is 14.4 Å². The fourth-order valence-electron chi connectivity index (χ4n) is 6.90. The molecule has 2 aliphatic carbocycles. The van der Waals surface area contributed by atoms with Crippen molar-refractivity contribution >= 4 is 63.8 Å². The van der Waals surface area contributed by atoms with E-state index in [0.717, 1.165) is 21.9 Å². The Bertz CT molecular complexity index is 1400. The summed E-state index contributed by atoms with van der Waals surface area (Å²) < 4.78 is 0. The van der Waals surface area contributed by atoms with Crippen LogP contribution >= 0.6 is 46.3 Å². The maximum Gasteiger partial charge on any atom is 0.305 e. The first kappa shape index (κ1) is 21.2. The molecule has 1 saturated heterocycles. The van der Waals surface area contributed by atoms with Gasteiger partial charge >= 0.3 is 4.87 Å². The molecule has 2 saturated carbocycles. The second-order valence-corrected chi connectivity index (χ2v) is 12.6. The molecule has 7 rings (SSSR count). The van der Waals surface area contributed by atoms with Gasteiger partial charge in [0.2, 0.25) is 11.8 Å². The zero-order valence-corrected chi connectivity index (χ0v) is 20.8. The van der Waals surface area contributed by atoms with Gasteiger partial charge < -0.3 is 4.98 Å². The summed E-state index contributed by atoms with van der Waals surface area (Å²) in [4.78, 5) is 44.9. The van der Waals surface area contributed by atoms with Gasteiger partial charge in [0.1, 0.15) is 0 Å². The van der Waals surface area contributed by atoms with Gasteiger partial charge in [-0.15, -0.1) is 11.8 Å². The number of halogens is 2. The van der Waals surface area contributed by atoms with Crippen molar-refractivity contribution < 1.29 is 9.59 Å². The smallest absolute Gasteiger partial charge is 0.305 e. The van der Waals surface area contributed by atoms with E-state index in [-0.39, 0.29) is 57.4 Å². The van der Waals surface area contributed by atoms with Gasteiger partial charge in [0.05, 0.1) is 22.5 Å². The van der Waals surface area contributed by atoms with Crippen LogP contribution in [0.5, 0.6) is 0 Å². The van der Waals surface area contributed by atoms with Crippen molar-refractivity contribution in [1.82, 2.24) is 4.98 Å². The minimum atomic E-state index is -0.318. The maximum absolute atomic E-state index is 13.7. The van der Waals surface area contributed by atoms with Crippen LogP contribution in [0, 0.1) is 29.6 Å². The monoisotopic (exact) mass is 528 g/mol. The number of thioether (sulfide) groups is 1. The van der Waals surface area contributed by atoms with Gasteiger partial charge in [-0.3, -0.25) is 19.3 Å². The highest BCUT2D eigenvalue weighted by Crippen LogP contribution is 2.68. The topological polar surface area (TPSA) is 70.2 Å². The predicted octanol–water partition coefficient (Wildman–Crippen LogP) is 5.42. The van der Waals surface area contributed by atoms with Gasteiger partial charge in [-0.05, 0) is 66.1 Å². The van der Waals surface area contributed by atoms with Crippen LogP contribution in [0.2, 0.25) is 10.0 Å². The third kappa shape index (κ3) is 2.84. The molecule has 0 spiro atoms. The molecule has 0 unspecified atom stereocenters. The molecule has 34 heavy (non-hydrogen) atoms. The summed E-state index contributed by atoms with van der Waals surface area (Å²) in [6, 6.07) is 14.7. The molecule has 2 aromatic carbocycles. The second kappa shape index (κ2) is 7.47. The highest BCUT2D eigenvalue weighted by molar-refractivity contribution is 8.00. The van der Waals surface area contributed by atoms with Gasteiger partial charge in [-0.1, -0.05) is 46.7 Å². The maximum atomic E-state index is 13.7. The lowest BCUT2D eigenvalue weighted by Gasteiger charge is -2.43. The lowest BCUT2D eigenvalue weighted by atomic mass is 9.68. The second-order valence-electron chi connectivity index (χ2n) is 9.50. The van der Waals surface area contributed by atoms with Gasteiger partial charge in [-0.2, -0.15) is 0 Å². The molecule has 3 heterocycles. The largest absolute Gasteiger partial charge is 0.307 e. The summed E-state index contributed by atoms with van der Waals surface area (Å²) in [6.07, 6.45) is 0.868. The Morgan fingerprint density at radius 2 is 1.47 bits per heavy atom. The summed E-state index contributed by atoms with van der Waals surface area (Å²) in [6.45, 7) is 0. The number of hydrogen-bond acceptors (Lipinski definition) is 5. The standard InChI is InChI=1S/C25H18Cl2N2O3S2/c26-11-3-1-10(2-4-11)16-17-14-9-15(20(17)33-22-21(16)34-25(32)28-22)19-18(14)23(30)29(24(19)31)13-7-5-12(27)6-8-13/h1-8,14-20H,9H2,(H,28,32)/t14-,15+,16+,17+,18+,19+,20-/m0/s1. The number of fused-ring (bicyclic) bond motifs is 9. The number of imide groups is 1. The van der Waals surface area contributed by atoms with Crippen LogP contribution in [0.15, 0.2) is 58.4 Å². The van der Waals surface area contributed by atoms with E-state index in [1.165, 1.54) is 16.2 Å². The van der Waals surface area contributed by atoms with Crippen molar-refractivity contribution in [3.63, 3.8) is 0 Å². The number of benzene rings is 2. The van der Waals surface area contributed by atoms with Crippen LogP contribution < -0.4 is 9.77 Å². The number of thiazole rings is 1. The van der Waals surface area contributed by atoms with Crippen LogP contribution in [-0.2, 0) is 9.59 Å². The van der Waals surface area contributed by atoms with Gasteiger partial charge in [0, 0.05) is 26.1 Å². The van der Waals surface area contributed by atoms with Crippen LogP contribution in [-0.4, -0.2) is 22.0 Å². The number of hydrogen-bond donors (Lipinski definition) is 1. The number of nitrogens with one attached hydrogen (secondary N) is 1. The Hall–Kier alpha value is -2.06. The molecule has 1 aromatic heterocycles. The van der Waals surface area contributed by atoms with E-state index >= 15 is 0 Å². The van der Waals surface area contributed by atoms with Crippen molar-refractivity contribution in [3.05, 3.63) is 78.7 Å². The normalized spacial score (nSPS) is 33.2. The zero-order chi connectivity index (χ0) is 23.3. The number of aromatic nitrogens is 1. The summed E-state index contributed by atoms with van der Waals surface area (Å²) in [7, 11) is 0. The van der Waals surface area contributed by atoms with E-state index < -0.39 is 0 Å². The third-order valence-electron chi connectivity index (χ3n) is 8.04. The Morgan fingerprint density at radius 3 is 2.15 bits per heavy atom. The summed E-state index contributed by atoms with van der Waals surface area (Å²) in [5, 5.41) is 2.31. The molecule has 2 aliphatic heterocycles. The average molecular weight is 529 g/mol. The van der Waals surface area contributed by atoms with Crippen molar-refractivity contribution in [3.8, 4) is 0 Å². The fraction of sp³-hybridized carbons (Fsp3) is 0.320. The van der Waals surface area contributed by atoms with E-state index in [0.29, 0.717) is 15.7 Å². The number of carbonyl (C=O) groups excluding carboxylic acids is 2. The average Bonchev–Trinajstić information content (AvgIpc) is 3.54. The summed E-state index contributed by atoms with van der Waals surface area (Å²) >= 11 is 15.2. The zero-order valence-electron chi connectivity index (χ0n) is 17.6. The van der Waals surface area contributed by atoms with E-state index in [2.05, 4.69) is 4.98 Å². The first-order valence-electron chi connectivity index (χ1n) is 11.2. The van der Waals surface area contributed by atoms with Gasteiger partial charge in [0.15, 0.2) is 0 Å². The quantitative estimate of drug-likeness (QED) is 0.450. The minimum absolute atomic E-state index is 0.00546. The molecular weight excluding hydrogens is 511 g/mol. The number of anilines is 1. The highest BCUT2D eigenvalue weighted by Gasteiger charge is 2.69. The molecule has 2 bridgehead atoms. The molecule has 172 valence electrons. The SMILES string of the molecule is O=C1[C@@H]2[C@H]3C[C@@H]([C@@H]4Sc5[nH]c(=O)sc5[C@H](c5ccc(Cl)cc5)[C@@H]34)[C@H]2C(=O)N1c1ccc(Cl)cc1. The van der Waals surface area contributed by atoms with Crippen molar-refractivity contribution in [1.29, 1.82) is 0 Å². The van der Waals surface area contributed by atoms with Crippen LogP contribution in [0.25, 0.3) is 0 Å². The molecule has 3 aromatic rings. The lowest BCUT2D eigenvalue weighted by Crippen LogP contribution is -2.42. The predicted molar refractivity (Wildman–Crippen MR) is 134 cm³/mol. The first-order valence-corrected chi connectivity index (χ1v) is 13.7. The Balaban J connectivity index is 1.32. The molecule has 7 atom stereocenters. The van der Waals surface area contributed by atoms with Crippen molar-refractivity contribution in [2.24, 2.45) is 29.6 Å². The Labute approximate surface area is 213 Å². The van der Waals surface area contributed by atoms with E-state index in [1.807, 2.05) is 24.3 Å². The first-order chi connectivity index (χ1) is 16.4. The fourth-order valence-corrected chi connectivity index (χ4v) is 10.0.